The monoisotopic (exact) mass is 294 g/mol. The summed E-state index contributed by atoms with van der Waals surface area (Å²) in [7, 11) is 1.95. The van der Waals surface area contributed by atoms with Crippen molar-refractivity contribution in [2.24, 2.45) is 0 Å². The van der Waals surface area contributed by atoms with E-state index in [9.17, 15) is 0 Å². The molecular formula is C15H16Cl2N2. The first-order valence-electron chi connectivity index (χ1n) is 6.19. The van der Waals surface area contributed by atoms with Crippen molar-refractivity contribution in [2.45, 2.75) is 12.3 Å². The van der Waals surface area contributed by atoms with Crippen LogP contribution in [0, 0.1) is 0 Å². The van der Waals surface area contributed by atoms with Gasteiger partial charge in [0.1, 0.15) is 0 Å². The van der Waals surface area contributed by atoms with Gasteiger partial charge in [-0.25, -0.2) is 0 Å². The van der Waals surface area contributed by atoms with Crippen molar-refractivity contribution in [3.05, 3.63) is 63.9 Å². The van der Waals surface area contributed by atoms with Crippen molar-refractivity contribution < 1.29 is 0 Å². The molecule has 19 heavy (non-hydrogen) atoms. The summed E-state index contributed by atoms with van der Waals surface area (Å²) in [5.41, 5.74) is 2.40. The second-order valence-electron chi connectivity index (χ2n) is 4.49. The molecule has 0 saturated heterocycles. The second kappa shape index (κ2) is 6.90. The van der Waals surface area contributed by atoms with Gasteiger partial charge in [0.2, 0.25) is 0 Å². The molecule has 1 atom stereocenters. The summed E-state index contributed by atoms with van der Waals surface area (Å²) >= 11 is 12.1. The van der Waals surface area contributed by atoms with Crippen LogP contribution in [0.4, 0.5) is 0 Å². The van der Waals surface area contributed by atoms with E-state index in [0.29, 0.717) is 16.0 Å². The lowest BCUT2D eigenvalue weighted by Crippen LogP contribution is -2.19. The van der Waals surface area contributed by atoms with Crippen LogP contribution in [0.5, 0.6) is 0 Å². The van der Waals surface area contributed by atoms with E-state index < -0.39 is 0 Å². The average molecular weight is 295 g/mol. The highest BCUT2D eigenvalue weighted by Crippen LogP contribution is 2.28. The molecule has 0 amide bonds. The van der Waals surface area contributed by atoms with Crippen molar-refractivity contribution in [2.75, 3.05) is 13.6 Å². The molecule has 0 saturated carbocycles. The highest BCUT2D eigenvalue weighted by atomic mass is 35.5. The Labute approximate surface area is 123 Å². The van der Waals surface area contributed by atoms with E-state index in [4.69, 9.17) is 23.2 Å². The first-order chi connectivity index (χ1) is 9.20. The lowest BCUT2D eigenvalue weighted by Gasteiger charge is -2.17. The fourth-order valence-corrected chi connectivity index (χ4v) is 2.43. The number of rotatable bonds is 5. The van der Waals surface area contributed by atoms with Gasteiger partial charge in [-0.05, 0) is 42.8 Å². The SMILES string of the molecule is CNC[C@@H](Cc1cccnc1)c1ccc(Cl)c(Cl)c1. The number of likely N-dealkylation sites (N-methyl/N-ethyl adjacent to an activating group) is 1. The van der Waals surface area contributed by atoms with Crippen LogP contribution < -0.4 is 5.32 Å². The molecule has 1 N–H and O–H groups in total. The van der Waals surface area contributed by atoms with Gasteiger partial charge in [-0.1, -0.05) is 35.3 Å². The summed E-state index contributed by atoms with van der Waals surface area (Å²) in [4.78, 5) is 4.16. The molecule has 0 aliphatic carbocycles. The Morgan fingerprint density at radius 2 is 2.05 bits per heavy atom. The third kappa shape index (κ3) is 3.93. The summed E-state index contributed by atoms with van der Waals surface area (Å²) in [6.45, 7) is 0.882. The normalized spacial score (nSPS) is 12.4. The lowest BCUT2D eigenvalue weighted by atomic mass is 9.92. The molecule has 0 bridgehead atoms. The summed E-state index contributed by atoms with van der Waals surface area (Å²) in [6.07, 6.45) is 4.61. The standard InChI is InChI=1S/C15H16Cl2N2/c1-18-10-13(7-11-3-2-6-19-9-11)12-4-5-14(16)15(17)8-12/h2-6,8-9,13,18H,7,10H2,1H3/t13-/m1/s1. The van der Waals surface area contributed by atoms with Gasteiger partial charge in [0.15, 0.2) is 0 Å². The van der Waals surface area contributed by atoms with Crippen molar-refractivity contribution in [1.29, 1.82) is 0 Å². The van der Waals surface area contributed by atoms with Crippen LogP contribution in [-0.2, 0) is 6.42 Å². The van der Waals surface area contributed by atoms with Gasteiger partial charge in [-0.2, -0.15) is 0 Å². The molecule has 0 radical (unpaired) electrons. The number of nitrogens with one attached hydrogen (secondary N) is 1. The van der Waals surface area contributed by atoms with Gasteiger partial charge in [0, 0.05) is 24.9 Å². The Hall–Kier alpha value is -1.09. The van der Waals surface area contributed by atoms with E-state index in [1.54, 1.807) is 6.20 Å². The van der Waals surface area contributed by atoms with E-state index in [0.717, 1.165) is 13.0 Å². The number of benzene rings is 1. The van der Waals surface area contributed by atoms with Crippen molar-refractivity contribution in [3.8, 4) is 0 Å². The Balaban J connectivity index is 2.21. The third-order valence-electron chi connectivity index (χ3n) is 3.07. The molecule has 2 nitrogen and oxygen atoms in total. The number of pyridine rings is 1. The van der Waals surface area contributed by atoms with Crippen LogP contribution in [0.3, 0.4) is 0 Å². The molecule has 0 unspecified atom stereocenters. The zero-order valence-electron chi connectivity index (χ0n) is 10.7. The molecule has 0 aliphatic heterocycles. The maximum absolute atomic E-state index is 6.10. The highest BCUT2D eigenvalue weighted by Gasteiger charge is 2.13. The Morgan fingerprint density at radius 3 is 2.68 bits per heavy atom. The number of hydrogen-bond donors (Lipinski definition) is 1. The minimum atomic E-state index is 0.351. The van der Waals surface area contributed by atoms with Gasteiger partial charge in [-0.15, -0.1) is 0 Å². The van der Waals surface area contributed by atoms with Crippen molar-refractivity contribution in [1.82, 2.24) is 10.3 Å². The third-order valence-corrected chi connectivity index (χ3v) is 3.81. The molecule has 2 rings (SSSR count). The molecule has 0 spiro atoms. The number of halogens is 2. The van der Waals surface area contributed by atoms with Crippen LogP contribution in [0.1, 0.15) is 17.0 Å². The fourth-order valence-electron chi connectivity index (χ4n) is 2.12. The summed E-state index contributed by atoms with van der Waals surface area (Å²) in [5.74, 6) is 0.351. The molecule has 2 aromatic rings. The molecule has 1 aromatic carbocycles. The molecule has 0 fully saturated rings. The largest absolute Gasteiger partial charge is 0.319 e. The van der Waals surface area contributed by atoms with Crippen LogP contribution in [0.15, 0.2) is 42.7 Å². The Morgan fingerprint density at radius 1 is 1.21 bits per heavy atom. The zero-order chi connectivity index (χ0) is 13.7. The first-order valence-corrected chi connectivity index (χ1v) is 6.94. The molecule has 1 aromatic heterocycles. The predicted octanol–water partition coefficient (Wildman–Crippen LogP) is 3.93. The summed E-state index contributed by atoms with van der Waals surface area (Å²) < 4.78 is 0. The minimum absolute atomic E-state index is 0.351. The molecule has 0 aliphatic rings. The van der Waals surface area contributed by atoms with Gasteiger partial charge in [-0.3, -0.25) is 4.98 Å². The minimum Gasteiger partial charge on any atom is -0.319 e. The van der Waals surface area contributed by atoms with Crippen LogP contribution in [0.2, 0.25) is 10.0 Å². The molecule has 100 valence electrons. The fraction of sp³-hybridized carbons (Fsp3) is 0.267. The maximum atomic E-state index is 6.10. The van der Waals surface area contributed by atoms with Crippen LogP contribution in [0.25, 0.3) is 0 Å². The average Bonchev–Trinajstić information content (AvgIpc) is 2.43. The summed E-state index contributed by atoms with van der Waals surface area (Å²) in [5, 5.41) is 4.42. The van der Waals surface area contributed by atoms with Gasteiger partial charge >= 0.3 is 0 Å². The van der Waals surface area contributed by atoms with E-state index in [1.807, 2.05) is 37.5 Å². The highest BCUT2D eigenvalue weighted by molar-refractivity contribution is 6.42. The zero-order valence-corrected chi connectivity index (χ0v) is 12.2. The van der Waals surface area contributed by atoms with E-state index in [2.05, 4.69) is 16.4 Å². The van der Waals surface area contributed by atoms with Gasteiger partial charge < -0.3 is 5.32 Å². The van der Waals surface area contributed by atoms with Gasteiger partial charge in [0.25, 0.3) is 0 Å². The number of hydrogen-bond acceptors (Lipinski definition) is 2. The lowest BCUT2D eigenvalue weighted by molar-refractivity contribution is 0.625. The Kier molecular flexibility index (Phi) is 5.20. The summed E-state index contributed by atoms with van der Waals surface area (Å²) in [6, 6.07) is 9.88. The Bertz CT molecular complexity index is 529. The number of aromatic nitrogens is 1. The topological polar surface area (TPSA) is 24.9 Å². The molecule has 1 heterocycles. The van der Waals surface area contributed by atoms with Crippen molar-refractivity contribution >= 4 is 23.2 Å². The predicted molar refractivity (Wildman–Crippen MR) is 81.1 cm³/mol. The second-order valence-corrected chi connectivity index (χ2v) is 5.31. The van der Waals surface area contributed by atoms with Gasteiger partial charge in [0.05, 0.1) is 10.0 Å². The van der Waals surface area contributed by atoms with Crippen LogP contribution >= 0.6 is 23.2 Å². The molecule has 4 heteroatoms. The molecular weight excluding hydrogens is 279 g/mol. The smallest absolute Gasteiger partial charge is 0.0595 e. The van der Waals surface area contributed by atoms with E-state index in [1.165, 1.54) is 11.1 Å². The van der Waals surface area contributed by atoms with E-state index in [-0.39, 0.29) is 0 Å². The quantitative estimate of drug-likeness (QED) is 0.904. The first kappa shape index (κ1) is 14.3. The number of nitrogens with zero attached hydrogens (tertiary/aromatic N) is 1. The van der Waals surface area contributed by atoms with E-state index >= 15 is 0 Å². The maximum Gasteiger partial charge on any atom is 0.0595 e. The van der Waals surface area contributed by atoms with Crippen molar-refractivity contribution in [3.63, 3.8) is 0 Å². The van der Waals surface area contributed by atoms with Crippen LogP contribution in [-0.4, -0.2) is 18.6 Å².